The summed E-state index contributed by atoms with van der Waals surface area (Å²) < 4.78 is 0. The highest BCUT2D eigenvalue weighted by molar-refractivity contribution is 5.77. The Kier molecular flexibility index (Phi) is 6.96. The van der Waals surface area contributed by atoms with Gasteiger partial charge in [-0.15, -0.1) is 0 Å². The fraction of sp³-hybridized carbons (Fsp3) is 0.636. The van der Waals surface area contributed by atoms with Gasteiger partial charge in [0.25, 0.3) is 0 Å². The van der Waals surface area contributed by atoms with E-state index < -0.39 is 22.8 Å². The van der Waals surface area contributed by atoms with E-state index in [-0.39, 0.29) is 11.5 Å². The predicted molar refractivity (Wildman–Crippen MR) is 106 cm³/mol. The normalized spacial score (nSPS) is 15.4. The van der Waals surface area contributed by atoms with E-state index in [0.29, 0.717) is 19.3 Å². The van der Waals surface area contributed by atoms with E-state index in [1.54, 1.807) is 26.0 Å². The van der Waals surface area contributed by atoms with Gasteiger partial charge in [0.1, 0.15) is 0 Å². The van der Waals surface area contributed by atoms with Crippen LogP contribution in [0.25, 0.3) is 0 Å². The third-order valence-corrected chi connectivity index (χ3v) is 6.03. The summed E-state index contributed by atoms with van der Waals surface area (Å²) in [5.74, 6) is -1.78. The average molecular weight is 392 g/mol. The Morgan fingerprint density at radius 3 is 1.86 bits per heavy atom. The first kappa shape index (κ1) is 22.1. The molecular weight excluding hydrogens is 360 g/mol. The van der Waals surface area contributed by atoms with Gasteiger partial charge in [-0.2, -0.15) is 0 Å². The summed E-state index contributed by atoms with van der Waals surface area (Å²) >= 11 is 0. The second kappa shape index (κ2) is 8.84. The summed E-state index contributed by atoms with van der Waals surface area (Å²) in [6.45, 7) is 3.44. The Morgan fingerprint density at radius 2 is 1.43 bits per heavy atom. The number of rotatable bonds is 12. The quantitative estimate of drug-likeness (QED) is 0.307. The molecular formula is C22H32O6. The largest absolute Gasteiger partial charge is 0.504 e. The van der Waals surface area contributed by atoms with Crippen LogP contribution in [0.2, 0.25) is 0 Å². The number of hydrogen-bond acceptors (Lipinski definition) is 4. The highest BCUT2D eigenvalue weighted by Gasteiger charge is 2.49. The molecule has 1 aromatic carbocycles. The van der Waals surface area contributed by atoms with Crippen LogP contribution in [0.3, 0.4) is 0 Å². The molecule has 0 aromatic heterocycles. The standard InChI is InChI=1S/C22H32O6/c1-21(2,19(25)26)9-5-3-7-15-13-17(23)18(24)14-16(15)8-4-6-10-22(11-12-22)20(27)28/h13-14,23-24H,3-12H2,1-2H3,(H,25,26)(H,27,28). The summed E-state index contributed by atoms with van der Waals surface area (Å²) in [6.07, 6.45) is 7.44. The fourth-order valence-electron chi connectivity index (χ4n) is 3.62. The van der Waals surface area contributed by atoms with Gasteiger partial charge in [0.15, 0.2) is 11.5 Å². The Morgan fingerprint density at radius 1 is 0.929 bits per heavy atom. The van der Waals surface area contributed by atoms with Gasteiger partial charge in [-0.25, -0.2) is 0 Å². The molecule has 0 radical (unpaired) electrons. The predicted octanol–water partition coefficient (Wildman–Crippen LogP) is 4.50. The van der Waals surface area contributed by atoms with Gasteiger partial charge in [-0.05, 0) is 88.5 Å². The molecule has 0 spiro atoms. The first-order valence-corrected chi connectivity index (χ1v) is 10.1. The van der Waals surface area contributed by atoms with E-state index in [2.05, 4.69) is 0 Å². The molecule has 0 bridgehead atoms. The van der Waals surface area contributed by atoms with Crippen LogP contribution in [0.5, 0.6) is 11.5 Å². The summed E-state index contributed by atoms with van der Waals surface area (Å²) in [6, 6.07) is 3.18. The maximum Gasteiger partial charge on any atom is 0.309 e. The molecule has 0 unspecified atom stereocenters. The molecule has 28 heavy (non-hydrogen) atoms. The number of phenolic OH excluding ortho intramolecular Hbond substituents is 2. The molecule has 0 amide bonds. The smallest absolute Gasteiger partial charge is 0.309 e. The Balaban J connectivity index is 1.88. The molecule has 0 atom stereocenters. The number of benzene rings is 1. The minimum Gasteiger partial charge on any atom is -0.504 e. The van der Waals surface area contributed by atoms with E-state index in [1.807, 2.05) is 0 Å². The molecule has 156 valence electrons. The van der Waals surface area contributed by atoms with Gasteiger partial charge in [0.05, 0.1) is 10.8 Å². The first-order valence-electron chi connectivity index (χ1n) is 10.1. The van der Waals surface area contributed by atoms with Crippen LogP contribution in [0.15, 0.2) is 12.1 Å². The Bertz CT molecular complexity index is 669. The number of aromatic hydroxyl groups is 2. The van der Waals surface area contributed by atoms with Crippen LogP contribution in [-0.2, 0) is 22.4 Å². The molecule has 0 aliphatic heterocycles. The second-order valence-corrected chi connectivity index (χ2v) is 8.80. The molecule has 1 aliphatic rings. The summed E-state index contributed by atoms with van der Waals surface area (Å²) in [5.41, 5.74) is 0.676. The van der Waals surface area contributed by atoms with Crippen LogP contribution >= 0.6 is 0 Å². The van der Waals surface area contributed by atoms with Gasteiger partial charge < -0.3 is 20.4 Å². The van der Waals surface area contributed by atoms with Gasteiger partial charge >= 0.3 is 11.9 Å². The number of aryl methyl sites for hydroxylation is 2. The number of aliphatic carboxylic acids is 2. The zero-order valence-corrected chi connectivity index (χ0v) is 16.8. The maximum atomic E-state index is 11.2. The van der Waals surface area contributed by atoms with Crippen molar-refractivity contribution in [2.75, 3.05) is 0 Å². The zero-order valence-electron chi connectivity index (χ0n) is 16.8. The second-order valence-electron chi connectivity index (χ2n) is 8.80. The van der Waals surface area contributed by atoms with Gasteiger partial charge in [-0.3, -0.25) is 9.59 Å². The number of carboxylic acids is 2. The van der Waals surface area contributed by atoms with Crippen LogP contribution in [0.1, 0.15) is 76.3 Å². The number of phenols is 2. The van der Waals surface area contributed by atoms with Crippen molar-refractivity contribution < 1.29 is 30.0 Å². The third kappa shape index (κ3) is 5.63. The van der Waals surface area contributed by atoms with Crippen molar-refractivity contribution in [2.24, 2.45) is 10.8 Å². The molecule has 0 saturated heterocycles. The molecule has 1 saturated carbocycles. The van der Waals surface area contributed by atoms with Crippen molar-refractivity contribution in [3.8, 4) is 11.5 Å². The van der Waals surface area contributed by atoms with Crippen molar-refractivity contribution in [2.45, 2.75) is 78.1 Å². The van der Waals surface area contributed by atoms with E-state index in [4.69, 9.17) is 0 Å². The van der Waals surface area contributed by atoms with Crippen molar-refractivity contribution in [3.63, 3.8) is 0 Å². The lowest BCUT2D eigenvalue weighted by atomic mass is 9.86. The Labute approximate surface area is 166 Å². The van der Waals surface area contributed by atoms with Gasteiger partial charge in [0.2, 0.25) is 0 Å². The minimum atomic E-state index is -0.801. The summed E-state index contributed by atoms with van der Waals surface area (Å²) in [5, 5.41) is 38.1. The van der Waals surface area contributed by atoms with E-state index in [0.717, 1.165) is 56.1 Å². The zero-order chi connectivity index (χ0) is 20.9. The Hall–Kier alpha value is -2.24. The first-order chi connectivity index (χ1) is 13.1. The number of hydrogen-bond donors (Lipinski definition) is 4. The molecule has 2 rings (SSSR count). The van der Waals surface area contributed by atoms with Crippen molar-refractivity contribution in [1.82, 2.24) is 0 Å². The number of unbranched alkanes of at least 4 members (excludes halogenated alkanes) is 2. The number of carboxylic acid groups (broad SMARTS) is 2. The van der Waals surface area contributed by atoms with E-state index >= 15 is 0 Å². The molecule has 1 fully saturated rings. The van der Waals surface area contributed by atoms with Crippen molar-refractivity contribution >= 4 is 11.9 Å². The van der Waals surface area contributed by atoms with Gasteiger partial charge in [-0.1, -0.05) is 12.8 Å². The summed E-state index contributed by atoms with van der Waals surface area (Å²) in [7, 11) is 0. The molecule has 1 aromatic rings. The SMILES string of the molecule is CC(C)(CCCCc1cc(O)c(O)cc1CCCCC1(C(=O)O)CC1)C(=O)O. The summed E-state index contributed by atoms with van der Waals surface area (Å²) in [4.78, 5) is 22.4. The lowest BCUT2D eigenvalue weighted by Gasteiger charge is -2.19. The topological polar surface area (TPSA) is 115 Å². The molecule has 0 heterocycles. The average Bonchev–Trinajstić information content (AvgIpc) is 3.40. The van der Waals surface area contributed by atoms with Crippen LogP contribution in [-0.4, -0.2) is 32.4 Å². The molecule has 4 N–H and O–H groups in total. The minimum absolute atomic E-state index is 0.144. The van der Waals surface area contributed by atoms with Crippen LogP contribution in [0, 0.1) is 10.8 Å². The van der Waals surface area contributed by atoms with E-state index in [9.17, 15) is 30.0 Å². The lowest BCUT2D eigenvalue weighted by molar-refractivity contribution is -0.147. The van der Waals surface area contributed by atoms with Crippen molar-refractivity contribution in [1.29, 1.82) is 0 Å². The molecule has 6 heteroatoms. The fourth-order valence-corrected chi connectivity index (χ4v) is 3.62. The highest BCUT2D eigenvalue weighted by atomic mass is 16.4. The van der Waals surface area contributed by atoms with Gasteiger partial charge in [0, 0.05) is 0 Å². The monoisotopic (exact) mass is 392 g/mol. The van der Waals surface area contributed by atoms with Crippen LogP contribution < -0.4 is 0 Å². The number of carbonyl (C=O) groups is 2. The third-order valence-electron chi connectivity index (χ3n) is 6.03. The highest BCUT2D eigenvalue weighted by Crippen LogP contribution is 2.50. The van der Waals surface area contributed by atoms with Crippen molar-refractivity contribution in [3.05, 3.63) is 23.3 Å². The van der Waals surface area contributed by atoms with Crippen LogP contribution in [0.4, 0.5) is 0 Å². The van der Waals surface area contributed by atoms with E-state index in [1.165, 1.54) is 0 Å². The lowest BCUT2D eigenvalue weighted by Crippen LogP contribution is -2.23. The maximum absolute atomic E-state index is 11.2. The molecule has 6 nitrogen and oxygen atoms in total. The molecule has 1 aliphatic carbocycles.